The minimum Gasteiger partial charge on any atom is -0.475 e. The van der Waals surface area contributed by atoms with Crippen molar-refractivity contribution < 1.29 is 14.5 Å². The van der Waals surface area contributed by atoms with Crippen molar-refractivity contribution in [1.82, 2.24) is 20.1 Å². The van der Waals surface area contributed by atoms with Crippen molar-refractivity contribution in [3.63, 3.8) is 0 Å². The van der Waals surface area contributed by atoms with Crippen molar-refractivity contribution in [3.05, 3.63) is 70.2 Å². The van der Waals surface area contributed by atoms with E-state index >= 15 is 0 Å². The molecule has 3 rings (SSSR count). The van der Waals surface area contributed by atoms with Crippen molar-refractivity contribution in [1.29, 1.82) is 0 Å². The van der Waals surface area contributed by atoms with Gasteiger partial charge in [0.05, 0.1) is 18.1 Å². The Hall–Kier alpha value is -3.62. The summed E-state index contributed by atoms with van der Waals surface area (Å²) in [5.74, 6) is -0.863. The number of ether oxygens (including phenoxy) is 1. The fraction of sp³-hybridized carbons (Fsp3) is 0.176. The molecule has 134 valence electrons. The molecule has 9 heteroatoms. The summed E-state index contributed by atoms with van der Waals surface area (Å²) < 4.78 is 6.77. The third-order valence-electron chi connectivity index (χ3n) is 3.95. The third kappa shape index (κ3) is 3.27. The molecule has 0 spiro atoms. The standard InChI is InChI=1S/C17H17N5O4/c1-11(12-5-7-13(8-6-12)21-9-3-4-10-21)18-16(23)14-15(22(24)25)17(26-2)20-19-14/h3-11H,1-2H3,(H,18,23)(H,19,20). The Morgan fingerprint density at radius 2 is 1.96 bits per heavy atom. The van der Waals surface area contributed by atoms with Gasteiger partial charge in [-0.05, 0) is 36.8 Å². The molecule has 1 atom stereocenters. The van der Waals surface area contributed by atoms with Crippen LogP contribution in [0.15, 0.2) is 48.8 Å². The van der Waals surface area contributed by atoms with Crippen LogP contribution in [0.25, 0.3) is 5.69 Å². The van der Waals surface area contributed by atoms with Crippen LogP contribution in [0.3, 0.4) is 0 Å². The van der Waals surface area contributed by atoms with Gasteiger partial charge in [-0.15, -0.1) is 5.10 Å². The van der Waals surface area contributed by atoms with Gasteiger partial charge >= 0.3 is 11.6 Å². The van der Waals surface area contributed by atoms with Crippen molar-refractivity contribution in [3.8, 4) is 11.6 Å². The number of amides is 1. The molecule has 0 saturated carbocycles. The summed E-state index contributed by atoms with van der Waals surface area (Å²) in [7, 11) is 1.25. The van der Waals surface area contributed by atoms with Crippen LogP contribution in [0.2, 0.25) is 0 Å². The van der Waals surface area contributed by atoms with Crippen LogP contribution in [0.4, 0.5) is 5.69 Å². The zero-order valence-corrected chi connectivity index (χ0v) is 14.2. The fourth-order valence-corrected chi connectivity index (χ4v) is 2.58. The maximum atomic E-state index is 12.4. The molecule has 0 aliphatic rings. The number of aromatic amines is 1. The summed E-state index contributed by atoms with van der Waals surface area (Å²) in [6.45, 7) is 1.79. The Morgan fingerprint density at radius 3 is 2.54 bits per heavy atom. The molecule has 26 heavy (non-hydrogen) atoms. The molecule has 0 fully saturated rings. The van der Waals surface area contributed by atoms with E-state index in [1.165, 1.54) is 7.11 Å². The van der Waals surface area contributed by atoms with E-state index < -0.39 is 16.5 Å². The molecule has 1 unspecified atom stereocenters. The highest BCUT2D eigenvalue weighted by molar-refractivity contribution is 5.97. The first-order chi connectivity index (χ1) is 12.5. The molecule has 2 aromatic heterocycles. The number of hydrogen-bond acceptors (Lipinski definition) is 5. The van der Waals surface area contributed by atoms with E-state index in [1.54, 1.807) is 6.92 Å². The summed E-state index contributed by atoms with van der Waals surface area (Å²) >= 11 is 0. The van der Waals surface area contributed by atoms with Crippen LogP contribution in [-0.4, -0.2) is 32.7 Å². The lowest BCUT2D eigenvalue weighted by molar-refractivity contribution is -0.386. The van der Waals surface area contributed by atoms with Gasteiger partial charge in [0.2, 0.25) is 5.69 Å². The Kier molecular flexibility index (Phi) is 4.70. The molecule has 0 bridgehead atoms. The second-order valence-corrected chi connectivity index (χ2v) is 5.59. The highest BCUT2D eigenvalue weighted by Gasteiger charge is 2.30. The largest absolute Gasteiger partial charge is 0.475 e. The minimum absolute atomic E-state index is 0.233. The number of nitro groups is 1. The zero-order chi connectivity index (χ0) is 18.7. The Balaban J connectivity index is 1.75. The fourth-order valence-electron chi connectivity index (χ4n) is 2.58. The topological polar surface area (TPSA) is 115 Å². The van der Waals surface area contributed by atoms with E-state index in [9.17, 15) is 14.9 Å². The number of nitrogens with zero attached hydrogens (tertiary/aromatic N) is 3. The van der Waals surface area contributed by atoms with Crippen molar-refractivity contribution in [2.24, 2.45) is 0 Å². The number of rotatable bonds is 6. The number of H-pyrrole nitrogens is 1. The van der Waals surface area contributed by atoms with Gasteiger partial charge < -0.3 is 14.6 Å². The molecule has 0 radical (unpaired) electrons. The lowest BCUT2D eigenvalue weighted by atomic mass is 10.1. The number of nitrogens with one attached hydrogen (secondary N) is 2. The summed E-state index contributed by atoms with van der Waals surface area (Å²) in [5.41, 5.74) is 1.12. The molecule has 2 N–H and O–H groups in total. The number of carbonyl (C=O) groups is 1. The van der Waals surface area contributed by atoms with Gasteiger partial charge in [0, 0.05) is 18.1 Å². The molecule has 3 aromatic rings. The van der Waals surface area contributed by atoms with Crippen LogP contribution < -0.4 is 10.1 Å². The van der Waals surface area contributed by atoms with Gasteiger partial charge in [-0.2, -0.15) is 0 Å². The predicted molar refractivity (Wildman–Crippen MR) is 93.4 cm³/mol. The number of carbonyl (C=O) groups excluding carboxylic acids is 1. The number of aromatic nitrogens is 3. The van der Waals surface area contributed by atoms with Crippen LogP contribution in [0, 0.1) is 10.1 Å². The van der Waals surface area contributed by atoms with E-state index in [-0.39, 0.29) is 17.6 Å². The van der Waals surface area contributed by atoms with Gasteiger partial charge in [0.1, 0.15) is 0 Å². The van der Waals surface area contributed by atoms with E-state index in [1.807, 2.05) is 53.4 Å². The van der Waals surface area contributed by atoms with Crippen molar-refractivity contribution >= 4 is 11.6 Å². The minimum atomic E-state index is -0.701. The normalized spacial score (nSPS) is 11.8. The smallest absolute Gasteiger partial charge is 0.362 e. The predicted octanol–water partition coefficient (Wildman–Crippen LogP) is 2.61. The van der Waals surface area contributed by atoms with Crippen LogP contribution in [0.1, 0.15) is 29.0 Å². The Morgan fingerprint density at radius 1 is 1.31 bits per heavy atom. The van der Waals surface area contributed by atoms with Gasteiger partial charge in [0.25, 0.3) is 5.91 Å². The van der Waals surface area contributed by atoms with E-state index in [0.29, 0.717) is 0 Å². The van der Waals surface area contributed by atoms with Crippen molar-refractivity contribution in [2.75, 3.05) is 7.11 Å². The third-order valence-corrected chi connectivity index (χ3v) is 3.95. The molecule has 1 amide bonds. The summed E-state index contributed by atoms with van der Waals surface area (Å²) in [5, 5.41) is 19.9. The first kappa shape index (κ1) is 17.2. The quantitative estimate of drug-likeness (QED) is 0.521. The Bertz CT molecular complexity index is 915. The molecule has 1 aromatic carbocycles. The first-order valence-electron chi connectivity index (χ1n) is 7.82. The maximum Gasteiger partial charge on any atom is 0.362 e. The number of hydrogen-bond donors (Lipinski definition) is 2. The summed E-state index contributed by atoms with van der Waals surface area (Å²) in [4.78, 5) is 22.8. The number of benzene rings is 1. The number of methoxy groups -OCH3 is 1. The molecule has 0 saturated heterocycles. The van der Waals surface area contributed by atoms with E-state index in [2.05, 4.69) is 15.5 Å². The first-order valence-corrected chi connectivity index (χ1v) is 7.82. The molecule has 0 aliphatic carbocycles. The molecule has 2 heterocycles. The van der Waals surface area contributed by atoms with Gasteiger partial charge in [-0.3, -0.25) is 20.0 Å². The lowest BCUT2D eigenvalue weighted by Crippen LogP contribution is -2.27. The highest BCUT2D eigenvalue weighted by atomic mass is 16.6. The Labute approximate surface area is 148 Å². The molecule has 9 nitrogen and oxygen atoms in total. The van der Waals surface area contributed by atoms with Crippen LogP contribution in [0.5, 0.6) is 5.88 Å². The van der Waals surface area contributed by atoms with Crippen LogP contribution in [-0.2, 0) is 0 Å². The average molecular weight is 355 g/mol. The van der Waals surface area contributed by atoms with Crippen molar-refractivity contribution in [2.45, 2.75) is 13.0 Å². The molecular weight excluding hydrogens is 338 g/mol. The second-order valence-electron chi connectivity index (χ2n) is 5.59. The van der Waals surface area contributed by atoms with E-state index in [0.717, 1.165) is 11.3 Å². The maximum absolute atomic E-state index is 12.4. The highest BCUT2D eigenvalue weighted by Crippen LogP contribution is 2.28. The lowest BCUT2D eigenvalue weighted by Gasteiger charge is -2.14. The van der Waals surface area contributed by atoms with Gasteiger partial charge in [-0.25, -0.2) is 0 Å². The van der Waals surface area contributed by atoms with Crippen LogP contribution >= 0.6 is 0 Å². The monoisotopic (exact) mass is 355 g/mol. The summed E-state index contributed by atoms with van der Waals surface area (Å²) in [6.07, 6.45) is 3.87. The summed E-state index contributed by atoms with van der Waals surface area (Å²) in [6, 6.07) is 11.2. The van der Waals surface area contributed by atoms with E-state index in [4.69, 9.17) is 4.74 Å². The second kappa shape index (κ2) is 7.09. The molecule has 0 aliphatic heterocycles. The van der Waals surface area contributed by atoms with Gasteiger partial charge in [-0.1, -0.05) is 12.1 Å². The van der Waals surface area contributed by atoms with Gasteiger partial charge in [0.15, 0.2) is 0 Å². The SMILES string of the molecule is COc1n[nH]c(C(=O)NC(C)c2ccc(-n3cccc3)cc2)c1[N+](=O)[O-]. The molecular formula is C17H17N5O4. The average Bonchev–Trinajstić information content (AvgIpc) is 3.31. The zero-order valence-electron chi connectivity index (χ0n) is 14.2.